The van der Waals surface area contributed by atoms with Gasteiger partial charge in [0.2, 0.25) is 0 Å². The summed E-state index contributed by atoms with van der Waals surface area (Å²) in [5, 5.41) is 15.4. The summed E-state index contributed by atoms with van der Waals surface area (Å²) in [6.45, 7) is 0. The van der Waals surface area contributed by atoms with Crippen LogP contribution in [0.4, 0.5) is 11.4 Å². The first kappa shape index (κ1) is 25.7. The Balaban J connectivity index is 1.63. The number of hydrogen-bond acceptors (Lipinski definition) is 4. The molecule has 0 aliphatic rings. The van der Waals surface area contributed by atoms with Gasteiger partial charge in [0.25, 0.3) is 0 Å². The molecule has 0 unspecified atom stereocenters. The summed E-state index contributed by atoms with van der Waals surface area (Å²) < 4.78 is 1.97. The minimum absolute atomic E-state index is 0.349. The van der Waals surface area contributed by atoms with Crippen molar-refractivity contribution in [2.24, 2.45) is 10.2 Å². The summed E-state index contributed by atoms with van der Waals surface area (Å²) in [5.74, 6) is 0. The minimum atomic E-state index is 0.349. The standard InChI is InChI=1S/C24H20Br2N6S2/c25-18-7-12-20(13-8-18)28-23(33)31-27-16-22(11-6-17-4-2-1-3-5-17)30-32-24(34)29-21-14-9-19(26)10-15-21/h1-16H,(H2,28,31,33)(H2,29,32,34)/b11-6+,27-16-,30-22-. The molecule has 3 aromatic carbocycles. The molecule has 0 radical (unpaired) electrons. The van der Waals surface area contributed by atoms with Crippen LogP contribution in [-0.2, 0) is 0 Å². The average Bonchev–Trinajstić information content (AvgIpc) is 2.84. The molecule has 3 rings (SSSR count). The third kappa shape index (κ3) is 9.52. The molecule has 0 fully saturated rings. The number of benzene rings is 3. The number of nitrogens with one attached hydrogen (secondary N) is 4. The molecule has 6 nitrogen and oxygen atoms in total. The molecule has 4 N–H and O–H groups in total. The third-order valence-corrected chi connectivity index (χ3v) is 5.54. The Labute approximate surface area is 225 Å². The monoisotopic (exact) mass is 614 g/mol. The molecule has 10 heteroatoms. The van der Waals surface area contributed by atoms with Crippen LogP contribution >= 0.6 is 56.3 Å². The molecule has 172 valence electrons. The number of rotatable bonds is 7. The lowest BCUT2D eigenvalue weighted by Gasteiger charge is -2.08. The lowest BCUT2D eigenvalue weighted by atomic mass is 10.2. The molecule has 0 bridgehead atoms. The maximum Gasteiger partial charge on any atom is 0.191 e. The summed E-state index contributed by atoms with van der Waals surface area (Å²) in [5.41, 5.74) is 8.88. The van der Waals surface area contributed by atoms with Crippen LogP contribution < -0.4 is 21.5 Å². The first-order chi connectivity index (χ1) is 16.5. The molecule has 34 heavy (non-hydrogen) atoms. The van der Waals surface area contributed by atoms with Crippen molar-refractivity contribution >= 4 is 95.9 Å². The van der Waals surface area contributed by atoms with Gasteiger partial charge in [0, 0.05) is 20.3 Å². The van der Waals surface area contributed by atoms with Gasteiger partial charge in [0.05, 0.1) is 6.21 Å². The fourth-order valence-electron chi connectivity index (χ4n) is 2.51. The molecule has 0 saturated carbocycles. The van der Waals surface area contributed by atoms with Gasteiger partial charge in [0.1, 0.15) is 5.71 Å². The van der Waals surface area contributed by atoms with E-state index in [1.54, 1.807) is 6.21 Å². The predicted molar refractivity (Wildman–Crippen MR) is 158 cm³/mol. The molecule has 0 spiro atoms. The lowest BCUT2D eigenvalue weighted by Crippen LogP contribution is -2.26. The van der Waals surface area contributed by atoms with Gasteiger partial charge in [-0.05, 0) is 84.6 Å². The summed E-state index contributed by atoms with van der Waals surface area (Å²) in [6, 6.07) is 25.2. The van der Waals surface area contributed by atoms with Crippen LogP contribution in [0.25, 0.3) is 6.08 Å². The average molecular weight is 616 g/mol. The van der Waals surface area contributed by atoms with E-state index >= 15 is 0 Å². The van der Waals surface area contributed by atoms with Crippen molar-refractivity contribution in [1.82, 2.24) is 10.9 Å². The Bertz CT molecular complexity index is 1190. The van der Waals surface area contributed by atoms with Gasteiger partial charge in [-0.1, -0.05) is 68.3 Å². The van der Waals surface area contributed by atoms with E-state index in [-0.39, 0.29) is 0 Å². The Morgan fingerprint density at radius 1 is 0.706 bits per heavy atom. The van der Waals surface area contributed by atoms with E-state index in [0.717, 1.165) is 25.9 Å². The van der Waals surface area contributed by atoms with E-state index < -0.39 is 0 Å². The first-order valence-corrected chi connectivity index (χ1v) is 12.4. The zero-order chi connectivity index (χ0) is 24.2. The quantitative estimate of drug-likeness (QED) is 0.137. The van der Waals surface area contributed by atoms with Crippen LogP contribution in [0.5, 0.6) is 0 Å². The minimum Gasteiger partial charge on any atom is -0.331 e. The molecule has 0 heterocycles. The molecule has 0 aromatic heterocycles. The van der Waals surface area contributed by atoms with Gasteiger partial charge in [-0.3, -0.25) is 10.9 Å². The van der Waals surface area contributed by atoms with E-state index in [9.17, 15) is 0 Å². The van der Waals surface area contributed by atoms with Crippen molar-refractivity contribution in [2.75, 3.05) is 10.6 Å². The number of hydrogen-bond donors (Lipinski definition) is 4. The molecule has 0 aliphatic carbocycles. The van der Waals surface area contributed by atoms with Crippen LogP contribution in [0.15, 0.2) is 104 Å². The Kier molecular flexibility index (Phi) is 10.4. The third-order valence-electron chi connectivity index (χ3n) is 4.10. The highest BCUT2D eigenvalue weighted by Crippen LogP contribution is 2.14. The van der Waals surface area contributed by atoms with Crippen molar-refractivity contribution in [3.63, 3.8) is 0 Å². The van der Waals surface area contributed by atoms with Crippen LogP contribution in [-0.4, -0.2) is 22.2 Å². The van der Waals surface area contributed by atoms with Crippen LogP contribution in [0.3, 0.4) is 0 Å². The topological polar surface area (TPSA) is 72.8 Å². The second kappa shape index (κ2) is 13.7. The van der Waals surface area contributed by atoms with E-state index in [2.05, 4.69) is 63.5 Å². The summed E-state index contributed by atoms with van der Waals surface area (Å²) >= 11 is 17.5. The fourth-order valence-corrected chi connectivity index (χ4v) is 3.37. The normalized spacial score (nSPS) is 11.4. The van der Waals surface area contributed by atoms with E-state index in [1.165, 1.54) is 0 Å². The highest BCUT2D eigenvalue weighted by Gasteiger charge is 1.99. The number of nitrogens with zero attached hydrogens (tertiary/aromatic N) is 2. The highest BCUT2D eigenvalue weighted by molar-refractivity contribution is 9.10. The van der Waals surface area contributed by atoms with Gasteiger partial charge >= 0.3 is 0 Å². The Morgan fingerprint density at radius 2 is 1.24 bits per heavy atom. The van der Waals surface area contributed by atoms with Crippen LogP contribution in [0.1, 0.15) is 5.56 Å². The van der Waals surface area contributed by atoms with Crippen molar-refractivity contribution in [1.29, 1.82) is 0 Å². The van der Waals surface area contributed by atoms with E-state index in [1.807, 2.05) is 91.0 Å². The van der Waals surface area contributed by atoms with E-state index in [0.29, 0.717) is 15.9 Å². The predicted octanol–water partition coefficient (Wildman–Crippen LogP) is 6.54. The number of halogens is 2. The highest BCUT2D eigenvalue weighted by atomic mass is 79.9. The summed E-state index contributed by atoms with van der Waals surface area (Å²) in [6.07, 6.45) is 5.29. The van der Waals surface area contributed by atoms with Gasteiger partial charge in [-0.15, -0.1) is 0 Å². The second-order valence-corrected chi connectivity index (χ2v) is 9.33. The van der Waals surface area contributed by atoms with Crippen LogP contribution in [0.2, 0.25) is 0 Å². The molecule has 0 amide bonds. The molecule has 0 atom stereocenters. The largest absolute Gasteiger partial charge is 0.331 e. The second-order valence-electron chi connectivity index (χ2n) is 6.68. The van der Waals surface area contributed by atoms with Gasteiger partial charge < -0.3 is 10.6 Å². The van der Waals surface area contributed by atoms with Crippen molar-refractivity contribution < 1.29 is 0 Å². The lowest BCUT2D eigenvalue weighted by molar-refractivity contribution is 1.04. The molecule has 3 aromatic rings. The van der Waals surface area contributed by atoms with Crippen molar-refractivity contribution in [2.45, 2.75) is 0 Å². The van der Waals surface area contributed by atoms with E-state index in [4.69, 9.17) is 24.4 Å². The Hall–Kier alpha value is -2.92. The number of hydrazone groups is 2. The molecular formula is C24H20Br2N6S2. The van der Waals surface area contributed by atoms with Gasteiger partial charge in [-0.25, -0.2) is 0 Å². The van der Waals surface area contributed by atoms with Crippen molar-refractivity contribution in [3.05, 3.63) is 99.4 Å². The molecule has 0 saturated heterocycles. The van der Waals surface area contributed by atoms with Crippen molar-refractivity contribution in [3.8, 4) is 0 Å². The van der Waals surface area contributed by atoms with Gasteiger partial charge in [0.15, 0.2) is 10.2 Å². The zero-order valence-electron chi connectivity index (χ0n) is 17.7. The number of thiocarbonyl (C=S) groups is 2. The number of anilines is 2. The zero-order valence-corrected chi connectivity index (χ0v) is 22.5. The smallest absolute Gasteiger partial charge is 0.191 e. The molecular weight excluding hydrogens is 596 g/mol. The summed E-state index contributed by atoms with van der Waals surface area (Å²) in [4.78, 5) is 0. The van der Waals surface area contributed by atoms with Crippen LogP contribution in [0, 0.1) is 0 Å². The SMILES string of the molecule is S=C(N\N=C/C(/C=C/c1ccccc1)=N\NC(=S)Nc1ccc(Br)cc1)Nc1ccc(Br)cc1. The summed E-state index contributed by atoms with van der Waals surface area (Å²) in [7, 11) is 0. The number of allylic oxidation sites excluding steroid dienone is 1. The van der Waals surface area contributed by atoms with Gasteiger partial charge in [-0.2, -0.15) is 10.2 Å². The maximum atomic E-state index is 5.34. The Morgan fingerprint density at radius 3 is 1.79 bits per heavy atom. The fraction of sp³-hybridized carbons (Fsp3) is 0. The first-order valence-electron chi connectivity index (χ1n) is 9.97. The maximum absolute atomic E-state index is 5.34. The molecule has 0 aliphatic heterocycles.